The first-order valence-corrected chi connectivity index (χ1v) is 3.73. The highest BCUT2D eigenvalue weighted by molar-refractivity contribution is 7.59. The normalized spacial score (nSPS) is 11.8. The molecule has 0 atom stereocenters. The summed E-state index contributed by atoms with van der Waals surface area (Å²) < 4.78 is 14.6. The summed E-state index contributed by atoms with van der Waals surface area (Å²) in [6.45, 7) is 0. The molecule has 0 saturated heterocycles. The summed E-state index contributed by atoms with van der Waals surface area (Å²) in [5.74, 6) is 0. The van der Waals surface area contributed by atoms with Crippen molar-refractivity contribution >= 4 is 13.1 Å². The van der Waals surface area contributed by atoms with Crippen molar-refractivity contribution in [3.05, 3.63) is 18.4 Å². The third kappa shape index (κ3) is 1.42. The van der Waals surface area contributed by atoms with Crippen LogP contribution in [0.15, 0.2) is 16.7 Å². The summed E-state index contributed by atoms with van der Waals surface area (Å²) in [5, 5.41) is 0. The van der Waals surface area contributed by atoms with Crippen LogP contribution in [0.1, 0.15) is 0 Å². The lowest BCUT2D eigenvalue weighted by Crippen LogP contribution is -1.98. The first-order chi connectivity index (χ1) is 4.11. The number of rotatable bonds is 1. The lowest BCUT2D eigenvalue weighted by molar-refractivity contribution is 0.376. The van der Waals surface area contributed by atoms with Gasteiger partial charge >= 0.3 is 7.60 Å². The van der Waals surface area contributed by atoms with Crippen LogP contribution in [0.25, 0.3) is 0 Å². The Balaban J connectivity index is 3.04. The highest BCUT2D eigenvalue weighted by atomic mass is 31.2. The zero-order valence-electron chi connectivity index (χ0n) is 4.31. The topological polar surface area (TPSA) is 70.7 Å². The van der Waals surface area contributed by atoms with E-state index in [1.807, 2.05) is 0 Å². The molecule has 1 aromatic rings. The molecule has 0 amide bonds. The van der Waals surface area contributed by atoms with Gasteiger partial charge in [-0.25, -0.2) is 0 Å². The molecule has 49 valence electrons. The van der Waals surface area contributed by atoms with Crippen molar-refractivity contribution in [1.82, 2.24) is 0 Å². The van der Waals surface area contributed by atoms with Gasteiger partial charge in [0.1, 0.15) is 0 Å². The van der Waals surface area contributed by atoms with Crippen molar-refractivity contribution in [1.29, 1.82) is 0 Å². The zero-order chi connectivity index (χ0) is 6.91. The van der Waals surface area contributed by atoms with Crippen LogP contribution < -0.4 is 5.50 Å². The Labute approximate surface area is 51.3 Å². The molecule has 0 aliphatic rings. The van der Waals surface area contributed by atoms with E-state index < -0.39 is 13.1 Å². The van der Waals surface area contributed by atoms with Crippen LogP contribution in [-0.2, 0) is 4.57 Å². The summed E-state index contributed by atoms with van der Waals surface area (Å²) >= 11 is 0. The van der Waals surface area contributed by atoms with Gasteiger partial charge in [-0.2, -0.15) is 0 Å². The standard InChI is InChI=1S/C4H4O4P/c5-9(6,7)4-2-1-3-8-4/h1,3H,(H2,5,6,7). The average Bonchev–Trinajstić information content (AvgIpc) is 2.08. The molecule has 4 nitrogen and oxygen atoms in total. The van der Waals surface area contributed by atoms with Gasteiger partial charge in [0.2, 0.25) is 5.50 Å². The van der Waals surface area contributed by atoms with Crippen LogP contribution in [0.4, 0.5) is 0 Å². The Morgan fingerprint density at radius 1 is 1.67 bits per heavy atom. The van der Waals surface area contributed by atoms with E-state index in [4.69, 9.17) is 9.79 Å². The van der Waals surface area contributed by atoms with E-state index in [1.165, 1.54) is 6.07 Å². The summed E-state index contributed by atoms with van der Waals surface area (Å²) in [6, 6.07) is 3.55. The molecule has 0 aliphatic heterocycles. The number of hydrogen-bond donors (Lipinski definition) is 2. The molecule has 1 rings (SSSR count). The molecule has 2 N–H and O–H groups in total. The highest BCUT2D eigenvalue weighted by Crippen LogP contribution is 2.32. The van der Waals surface area contributed by atoms with Crippen LogP contribution in [-0.4, -0.2) is 9.79 Å². The van der Waals surface area contributed by atoms with Gasteiger partial charge < -0.3 is 14.2 Å². The van der Waals surface area contributed by atoms with Crippen LogP contribution in [0.3, 0.4) is 0 Å². The third-order valence-corrected chi connectivity index (χ3v) is 1.48. The maximum Gasteiger partial charge on any atom is 0.391 e. The Morgan fingerprint density at radius 3 is 2.56 bits per heavy atom. The molecule has 0 spiro atoms. The van der Waals surface area contributed by atoms with Gasteiger partial charge in [0, 0.05) is 6.07 Å². The molecule has 9 heavy (non-hydrogen) atoms. The van der Waals surface area contributed by atoms with Crippen molar-refractivity contribution in [2.24, 2.45) is 0 Å². The molecule has 0 aromatic carbocycles. The second kappa shape index (κ2) is 1.99. The smallest absolute Gasteiger partial charge is 0.391 e. The van der Waals surface area contributed by atoms with Crippen molar-refractivity contribution in [2.75, 3.05) is 0 Å². The van der Waals surface area contributed by atoms with E-state index in [0.29, 0.717) is 0 Å². The second-order valence-corrected chi connectivity index (χ2v) is 2.91. The van der Waals surface area contributed by atoms with Crippen molar-refractivity contribution < 1.29 is 18.8 Å². The fourth-order valence-electron chi connectivity index (χ4n) is 0.391. The number of hydrogen-bond acceptors (Lipinski definition) is 2. The maximum absolute atomic E-state index is 10.3. The fourth-order valence-corrected chi connectivity index (χ4v) is 0.831. The first kappa shape index (κ1) is 6.55. The zero-order valence-corrected chi connectivity index (χ0v) is 5.21. The van der Waals surface area contributed by atoms with E-state index in [-0.39, 0.29) is 0 Å². The van der Waals surface area contributed by atoms with E-state index >= 15 is 0 Å². The molecule has 0 fully saturated rings. The second-order valence-electron chi connectivity index (χ2n) is 1.41. The van der Waals surface area contributed by atoms with E-state index in [1.54, 1.807) is 0 Å². The molecule has 0 aliphatic carbocycles. The van der Waals surface area contributed by atoms with Crippen molar-refractivity contribution in [3.63, 3.8) is 0 Å². The summed E-state index contributed by atoms with van der Waals surface area (Å²) in [4.78, 5) is 16.7. The van der Waals surface area contributed by atoms with Gasteiger partial charge in [-0.3, -0.25) is 4.57 Å². The van der Waals surface area contributed by atoms with Gasteiger partial charge in [0.15, 0.2) is 0 Å². The van der Waals surface area contributed by atoms with E-state index in [9.17, 15) is 4.57 Å². The molecule has 1 aromatic heterocycles. The summed E-state index contributed by atoms with van der Waals surface area (Å²) in [7, 11) is -4.19. The molecule has 0 bridgehead atoms. The summed E-state index contributed by atoms with van der Waals surface area (Å²) in [6.07, 6.45) is 1.16. The molecular weight excluding hydrogens is 143 g/mol. The minimum absolute atomic E-state index is 0.414. The van der Waals surface area contributed by atoms with Crippen LogP contribution in [0.5, 0.6) is 0 Å². The van der Waals surface area contributed by atoms with Gasteiger partial charge in [-0.1, -0.05) is 0 Å². The molecule has 0 saturated carbocycles. The van der Waals surface area contributed by atoms with Crippen LogP contribution >= 0.6 is 7.60 Å². The largest absolute Gasteiger partial charge is 0.456 e. The Morgan fingerprint density at radius 2 is 2.33 bits per heavy atom. The highest BCUT2D eigenvalue weighted by Gasteiger charge is 2.19. The third-order valence-electron chi connectivity index (χ3n) is 0.719. The molecule has 5 heteroatoms. The molecular formula is C4H4O4P. The van der Waals surface area contributed by atoms with Gasteiger partial charge in [-0.05, 0) is 6.07 Å². The lowest BCUT2D eigenvalue weighted by atomic mass is 10.7. The Kier molecular flexibility index (Phi) is 1.45. The Hall–Kier alpha value is -0.570. The van der Waals surface area contributed by atoms with E-state index in [2.05, 4.69) is 10.5 Å². The first-order valence-electron chi connectivity index (χ1n) is 2.12. The van der Waals surface area contributed by atoms with Gasteiger partial charge in [0.25, 0.3) is 0 Å². The van der Waals surface area contributed by atoms with Crippen LogP contribution in [0.2, 0.25) is 0 Å². The molecule has 1 heterocycles. The van der Waals surface area contributed by atoms with Gasteiger partial charge in [0.05, 0.1) is 6.26 Å². The van der Waals surface area contributed by atoms with Crippen molar-refractivity contribution in [2.45, 2.75) is 0 Å². The lowest BCUT2D eigenvalue weighted by Gasteiger charge is -1.94. The SMILES string of the molecule is O=P(O)(O)c1[c]cco1. The van der Waals surface area contributed by atoms with Crippen molar-refractivity contribution in [3.8, 4) is 0 Å². The molecule has 0 unspecified atom stereocenters. The Bertz CT molecular complexity index is 221. The average molecular weight is 147 g/mol. The van der Waals surface area contributed by atoms with Crippen LogP contribution in [0, 0.1) is 6.07 Å². The predicted molar refractivity (Wildman–Crippen MR) is 29.2 cm³/mol. The fraction of sp³-hybridized carbons (Fsp3) is 0. The quantitative estimate of drug-likeness (QED) is 0.543. The van der Waals surface area contributed by atoms with E-state index in [0.717, 1.165) is 6.26 Å². The minimum atomic E-state index is -4.19. The van der Waals surface area contributed by atoms with Gasteiger partial charge in [-0.15, -0.1) is 0 Å². The molecule has 1 radical (unpaired) electrons. The maximum atomic E-state index is 10.3. The predicted octanol–water partition coefficient (Wildman–Crippen LogP) is -0.117. The number of furan rings is 1. The minimum Gasteiger partial charge on any atom is -0.456 e. The summed E-state index contributed by atoms with van der Waals surface area (Å²) in [5.41, 5.74) is -0.414. The monoisotopic (exact) mass is 147 g/mol.